The van der Waals surface area contributed by atoms with Gasteiger partial charge in [0.25, 0.3) is 0 Å². The van der Waals surface area contributed by atoms with Crippen LogP contribution in [0.5, 0.6) is 11.5 Å². The van der Waals surface area contributed by atoms with Gasteiger partial charge < -0.3 is 14.8 Å². The van der Waals surface area contributed by atoms with E-state index in [1.54, 1.807) is 11.8 Å². The minimum atomic E-state index is 0.0164. The third-order valence-electron chi connectivity index (χ3n) is 2.70. The third-order valence-corrected chi connectivity index (χ3v) is 3.75. The number of carbonyl (C=O) groups is 1. The van der Waals surface area contributed by atoms with Gasteiger partial charge in [0.2, 0.25) is 5.91 Å². The average Bonchev–Trinajstić information content (AvgIpc) is 2.47. The van der Waals surface area contributed by atoms with Gasteiger partial charge in [-0.05, 0) is 38.2 Å². The van der Waals surface area contributed by atoms with E-state index in [1.165, 1.54) is 0 Å². The molecule has 1 N–H and O–H groups in total. The Bertz CT molecular complexity index is 438. The molecule has 0 unspecified atom stereocenters. The summed E-state index contributed by atoms with van der Waals surface area (Å²) in [4.78, 5) is 11.9. The molecule has 0 saturated heterocycles. The number of hydrogen-bond donors (Lipinski definition) is 1. The summed E-state index contributed by atoms with van der Waals surface area (Å²) in [6.07, 6.45) is 2.31. The zero-order valence-corrected chi connectivity index (χ0v) is 13.9. The summed E-state index contributed by atoms with van der Waals surface area (Å²) in [5, 5.41) is 2.89. The van der Waals surface area contributed by atoms with Gasteiger partial charge >= 0.3 is 0 Å². The first-order chi connectivity index (χ1) is 10.2. The van der Waals surface area contributed by atoms with E-state index in [2.05, 4.69) is 12.2 Å². The lowest BCUT2D eigenvalue weighted by molar-refractivity contribution is -0.113. The van der Waals surface area contributed by atoms with Crippen LogP contribution in [0.15, 0.2) is 18.2 Å². The summed E-state index contributed by atoms with van der Waals surface area (Å²) in [5.41, 5.74) is 0.739. The average molecular weight is 311 g/mol. The first kappa shape index (κ1) is 17.7. The van der Waals surface area contributed by atoms with Crippen molar-refractivity contribution in [2.24, 2.45) is 0 Å². The van der Waals surface area contributed by atoms with Crippen LogP contribution >= 0.6 is 11.8 Å². The molecule has 21 heavy (non-hydrogen) atoms. The molecule has 0 bridgehead atoms. The second kappa shape index (κ2) is 10.4. The summed E-state index contributed by atoms with van der Waals surface area (Å²) < 4.78 is 11.0. The molecule has 4 nitrogen and oxygen atoms in total. The Morgan fingerprint density at radius 3 is 2.52 bits per heavy atom. The summed E-state index contributed by atoms with van der Waals surface area (Å²) >= 11 is 1.66. The summed E-state index contributed by atoms with van der Waals surface area (Å²) in [6, 6.07) is 5.47. The van der Waals surface area contributed by atoms with Crippen molar-refractivity contribution in [3.8, 4) is 11.5 Å². The van der Waals surface area contributed by atoms with Crippen molar-refractivity contribution in [2.45, 2.75) is 33.6 Å². The van der Waals surface area contributed by atoms with E-state index >= 15 is 0 Å². The van der Waals surface area contributed by atoms with E-state index in [4.69, 9.17) is 9.47 Å². The zero-order chi connectivity index (χ0) is 15.5. The quantitative estimate of drug-likeness (QED) is 0.665. The maximum absolute atomic E-state index is 11.9. The number of hydrogen-bond acceptors (Lipinski definition) is 4. The molecule has 0 heterocycles. The van der Waals surface area contributed by atoms with Crippen LogP contribution in [0.25, 0.3) is 0 Å². The van der Waals surface area contributed by atoms with Crippen molar-refractivity contribution in [3.63, 3.8) is 0 Å². The number of amides is 1. The van der Waals surface area contributed by atoms with Gasteiger partial charge in [-0.1, -0.05) is 13.3 Å². The van der Waals surface area contributed by atoms with Crippen LogP contribution in [0.3, 0.4) is 0 Å². The molecule has 1 aromatic carbocycles. The van der Waals surface area contributed by atoms with Gasteiger partial charge in [-0.15, -0.1) is 0 Å². The number of carbonyl (C=O) groups excluding carboxylic acids is 1. The number of rotatable bonds is 10. The van der Waals surface area contributed by atoms with Crippen molar-refractivity contribution in [1.82, 2.24) is 0 Å². The maximum atomic E-state index is 11.9. The zero-order valence-electron chi connectivity index (χ0n) is 13.1. The molecule has 1 aromatic rings. The molecule has 0 saturated carbocycles. The Balaban J connectivity index is 2.58. The van der Waals surface area contributed by atoms with Crippen molar-refractivity contribution in [2.75, 3.05) is 30.0 Å². The predicted octanol–water partition coefficient (Wildman–Crippen LogP) is 3.96. The summed E-state index contributed by atoms with van der Waals surface area (Å²) in [7, 11) is 0. The molecule has 0 atom stereocenters. The Labute approximate surface area is 131 Å². The Morgan fingerprint density at radius 2 is 1.86 bits per heavy atom. The smallest absolute Gasteiger partial charge is 0.234 e. The lowest BCUT2D eigenvalue weighted by Crippen LogP contribution is -2.14. The highest BCUT2D eigenvalue weighted by molar-refractivity contribution is 7.99. The Kier molecular flexibility index (Phi) is 8.74. The predicted molar refractivity (Wildman–Crippen MR) is 89.6 cm³/mol. The largest absolute Gasteiger partial charge is 0.490 e. The SMILES string of the molecule is CCCCSCC(=O)Nc1ccc(OCC)c(OCC)c1. The second-order valence-corrected chi connectivity index (χ2v) is 5.59. The van der Waals surface area contributed by atoms with E-state index in [0.717, 1.165) is 24.3 Å². The van der Waals surface area contributed by atoms with Crippen molar-refractivity contribution < 1.29 is 14.3 Å². The van der Waals surface area contributed by atoms with Crippen LogP contribution in [0, 0.1) is 0 Å². The first-order valence-corrected chi connectivity index (χ1v) is 8.63. The van der Waals surface area contributed by atoms with E-state index in [1.807, 2.05) is 32.0 Å². The minimum Gasteiger partial charge on any atom is -0.490 e. The molecule has 0 aromatic heterocycles. The monoisotopic (exact) mass is 311 g/mol. The van der Waals surface area contributed by atoms with Crippen molar-refractivity contribution >= 4 is 23.4 Å². The lowest BCUT2D eigenvalue weighted by atomic mass is 10.2. The number of anilines is 1. The first-order valence-electron chi connectivity index (χ1n) is 7.48. The van der Waals surface area contributed by atoms with Crippen LogP contribution in [-0.2, 0) is 4.79 Å². The van der Waals surface area contributed by atoms with Gasteiger partial charge in [-0.2, -0.15) is 11.8 Å². The Morgan fingerprint density at radius 1 is 1.14 bits per heavy atom. The highest BCUT2D eigenvalue weighted by Gasteiger charge is 2.08. The molecule has 1 rings (SSSR count). The molecule has 1 amide bonds. The van der Waals surface area contributed by atoms with E-state index in [-0.39, 0.29) is 5.91 Å². The fourth-order valence-electron chi connectivity index (χ4n) is 1.74. The molecule has 5 heteroatoms. The number of nitrogens with one attached hydrogen (secondary N) is 1. The second-order valence-electron chi connectivity index (χ2n) is 4.48. The van der Waals surface area contributed by atoms with Crippen molar-refractivity contribution in [1.29, 1.82) is 0 Å². The highest BCUT2D eigenvalue weighted by Crippen LogP contribution is 2.30. The van der Waals surface area contributed by atoms with Crippen LogP contribution in [-0.4, -0.2) is 30.6 Å². The van der Waals surface area contributed by atoms with Crippen LogP contribution in [0.1, 0.15) is 33.6 Å². The van der Waals surface area contributed by atoms with E-state index in [9.17, 15) is 4.79 Å². The summed E-state index contributed by atoms with van der Waals surface area (Å²) in [6.45, 7) is 7.14. The molecule has 0 spiro atoms. The molecule has 0 aliphatic heterocycles. The molecule has 0 aliphatic rings. The minimum absolute atomic E-state index is 0.0164. The van der Waals surface area contributed by atoms with Gasteiger partial charge in [0, 0.05) is 11.8 Å². The van der Waals surface area contributed by atoms with Crippen LogP contribution in [0.2, 0.25) is 0 Å². The molecule has 0 fully saturated rings. The number of thioether (sulfide) groups is 1. The van der Waals surface area contributed by atoms with Crippen LogP contribution in [0.4, 0.5) is 5.69 Å². The number of benzene rings is 1. The van der Waals surface area contributed by atoms with Crippen LogP contribution < -0.4 is 14.8 Å². The van der Waals surface area contributed by atoms with Gasteiger partial charge in [0.1, 0.15) is 0 Å². The summed E-state index contributed by atoms with van der Waals surface area (Å²) in [5.74, 6) is 2.89. The number of unbranched alkanes of at least 4 members (excludes halogenated alkanes) is 1. The lowest BCUT2D eigenvalue weighted by Gasteiger charge is -2.13. The highest BCUT2D eigenvalue weighted by atomic mass is 32.2. The molecular weight excluding hydrogens is 286 g/mol. The standard InChI is InChI=1S/C16H25NO3S/c1-4-7-10-21-12-16(18)17-13-8-9-14(19-5-2)15(11-13)20-6-3/h8-9,11H,4-7,10,12H2,1-3H3,(H,17,18). The van der Waals surface area contributed by atoms with E-state index < -0.39 is 0 Å². The van der Waals surface area contributed by atoms with Gasteiger partial charge in [-0.25, -0.2) is 0 Å². The molecule has 0 radical (unpaired) electrons. The fraction of sp³-hybridized carbons (Fsp3) is 0.562. The fourth-order valence-corrected chi connectivity index (χ4v) is 2.63. The Hall–Kier alpha value is -1.36. The molecular formula is C16H25NO3S. The third kappa shape index (κ3) is 6.76. The topological polar surface area (TPSA) is 47.6 Å². The molecule has 118 valence electrons. The van der Waals surface area contributed by atoms with Crippen molar-refractivity contribution in [3.05, 3.63) is 18.2 Å². The van der Waals surface area contributed by atoms with Gasteiger partial charge in [0.05, 0.1) is 19.0 Å². The normalized spacial score (nSPS) is 10.2. The number of ether oxygens (including phenoxy) is 2. The molecule has 0 aliphatic carbocycles. The van der Waals surface area contributed by atoms with Gasteiger partial charge in [-0.3, -0.25) is 4.79 Å². The van der Waals surface area contributed by atoms with E-state index in [0.29, 0.717) is 30.5 Å². The van der Waals surface area contributed by atoms with Gasteiger partial charge in [0.15, 0.2) is 11.5 Å². The maximum Gasteiger partial charge on any atom is 0.234 e.